The summed E-state index contributed by atoms with van der Waals surface area (Å²) >= 11 is 5.81. The van der Waals surface area contributed by atoms with Crippen molar-refractivity contribution in [2.75, 3.05) is 18.1 Å². The Kier molecular flexibility index (Phi) is 2.99. The minimum absolute atomic E-state index is 0.207. The molecule has 1 aromatic carbocycles. The normalized spacial score (nSPS) is 21.4. The molecule has 0 spiro atoms. The van der Waals surface area contributed by atoms with Crippen LogP contribution in [0.4, 0.5) is 0 Å². The molecule has 5 heteroatoms. The molecule has 16 heavy (non-hydrogen) atoms. The fraction of sp³-hybridized carbons (Fsp3) is 0.455. The molecule has 1 heterocycles. The Morgan fingerprint density at radius 2 is 1.81 bits per heavy atom. The van der Waals surface area contributed by atoms with Crippen LogP contribution in [0.15, 0.2) is 24.3 Å². The fourth-order valence-corrected chi connectivity index (χ4v) is 4.68. The summed E-state index contributed by atoms with van der Waals surface area (Å²) in [5.74, 6) is 0.414. The maximum atomic E-state index is 11.4. The number of nitrogens with two attached hydrogens (primary N) is 1. The van der Waals surface area contributed by atoms with Crippen molar-refractivity contribution in [2.45, 2.75) is 11.8 Å². The van der Waals surface area contributed by atoms with Crippen molar-refractivity contribution in [2.24, 2.45) is 5.73 Å². The smallest absolute Gasteiger partial charge is 0.152 e. The third kappa shape index (κ3) is 2.10. The van der Waals surface area contributed by atoms with Gasteiger partial charge in [0, 0.05) is 10.4 Å². The molecular weight excluding hydrogens is 246 g/mol. The number of benzene rings is 1. The minimum Gasteiger partial charge on any atom is -0.330 e. The van der Waals surface area contributed by atoms with E-state index >= 15 is 0 Å². The molecule has 0 radical (unpaired) electrons. The third-order valence-corrected chi connectivity index (χ3v) is 5.31. The predicted octanol–water partition coefficient (Wildman–Crippen LogP) is 1.36. The van der Waals surface area contributed by atoms with Gasteiger partial charge in [0.05, 0.1) is 11.5 Å². The van der Waals surface area contributed by atoms with Crippen molar-refractivity contribution >= 4 is 21.4 Å². The molecule has 0 bridgehead atoms. The van der Waals surface area contributed by atoms with E-state index < -0.39 is 9.84 Å². The summed E-state index contributed by atoms with van der Waals surface area (Å²) < 4.78 is 22.7. The summed E-state index contributed by atoms with van der Waals surface area (Å²) in [6, 6.07) is 7.37. The van der Waals surface area contributed by atoms with E-state index in [1.54, 1.807) is 12.1 Å². The molecule has 2 rings (SSSR count). The maximum absolute atomic E-state index is 11.4. The summed E-state index contributed by atoms with van der Waals surface area (Å²) in [6.07, 6.45) is 0.702. The van der Waals surface area contributed by atoms with Gasteiger partial charge in [-0.3, -0.25) is 0 Å². The van der Waals surface area contributed by atoms with Crippen molar-refractivity contribution in [3.05, 3.63) is 34.9 Å². The Labute approximate surface area is 101 Å². The van der Waals surface area contributed by atoms with E-state index in [-0.39, 0.29) is 16.9 Å². The van der Waals surface area contributed by atoms with Crippen LogP contribution in [-0.4, -0.2) is 26.5 Å². The molecular formula is C11H14ClNO2S. The highest BCUT2D eigenvalue weighted by Crippen LogP contribution is 2.39. The molecule has 0 saturated carbocycles. The topological polar surface area (TPSA) is 60.2 Å². The minimum atomic E-state index is -2.86. The van der Waals surface area contributed by atoms with Crippen LogP contribution in [0.5, 0.6) is 0 Å². The zero-order valence-corrected chi connectivity index (χ0v) is 10.4. The van der Waals surface area contributed by atoms with Crippen LogP contribution in [0.2, 0.25) is 5.02 Å². The first kappa shape index (κ1) is 11.9. The zero-order valence-electron chi connectivity index (χ0n) is 8.82. The SMILES string of the molecule is NCCC1(c2ccc(Cl)cc2)CS(=O)(=O)C1. The number of rotatable bonds is 3. The Bertz CT molecular complexity index is 469. The maximum Gasteiger partial charge on any atom is 0.152 e. The van der Waals surface area contributed by atoms with Gasteiger partial charge in [0.2, 0.25) is 0 Å². The van der Waals surface area contributed by atoms with E-state index in [0.717, 1.165) is 5.56 Å². The Morgan fingerprint density at radius 3 is 2.25 bits per heavy atom. The molecule has 0 amide bonds. The lowest BCUT2D eigenvalue weighted by molar-refractivity contribution is 0.433. The lowest BCUT2D eigenvalue weighted by Crippen LogP contribution is -2.53. The molecule has 3 nitrogen and oxygen atoms in total. The molecule has 88 valence electrons. The molecule has 1 fully saturated rings. The first-order valence-corrected chi connectivity index (χ1v) is 7.34. The summed E-state index contributed by atoms with van der Waals surface area (Å²) in [5, 5.41) is 0.661. The molecule has 0 aromatic heterocycles. The van der Waals surface area contributed by atoms with Crippen LogP contribution < -0.4 is 5.73 Å². The van der Waals surface area contributed by atoms with Gasteiger partial charge in [0.25, 0.3) is 0 Å². The third-order valence-electron chi connectivity index (χ3n) is 3.07. The van der Waals surface area contributed by atoms with Gasteiger partial charge in [-0.2, -0.15) is 0 Å². The molecule has 1 aromatic rings. The average Bonchev–Trinajstić information content (AvgIpc) is 2.16. The first-order valence-electron chi connectivity index (χ1n) is 5.14. The average molecular weight is 260 g/mol. The van der Waals surface area contributed by atoms with E-state index in [9.17, 15) is 8.42 Å². The molecule has 1 aliphatic heterocycles. The fourth-order valence-electron chi connectivity index (χ4n) is 2.33. The van der Waals surface area contributed by atoms with Crippen LogP contribution in [0.1, 0.15) is 12.0 Å². The van der Waals surface area contributed by atoms with Gasteiger partial charge < -0.3 is 5.73 Å². The summed E-state index contributed by atoms with van der Waals surface area (Å²) in [6.45, 7) is 0.498. The van der Waals surface area contributed by atoms with Crippen molar-refractivity contribution < 1.29 is 8.42 Å². The van der Waals surface area contributed by atoms with Crippen LogP contribution in [-0.2, 0) is 15.3 Å². The van der Waals surface area contributed by atoms with Gasteiger partial charge in [0.1, 0.15) is 0 Å². The summed E-state index contributed by atoms with van der Waals surface area (Å²) in [7, 11) is -2.86. The van der Waals surface area contributed by atoms with Gasteiger partial charge in [-0.15, -0.1) is 0 Å². The van der Waals surface area contributed by atoms with E-state index in [4.69, 9.17) is 17.3 Å². The number of sulfone groups is 1. The number of hydrogen-bond acceptors (Lipinski definition) is 3. The lowest BCUT2D eigenvalue weighted by atomic mass is 9.80. The summed E-state index contributed by atoms with van der Waals surface area (Å²) in [4.78, 5) is 0. The molecule has 1 aliphatic rings. The van der Waals surface area contributed by atoms with Gasteiger partial charge in [-0.25, -0.2) is 8.42 Å². The lowest BCUT2D eigenvalue weighted by Gasteiger charge is -2.41. The second-order valence-electron chi connectivity index (χ2n) is 4.36. The molecule has 2 N–H and O–H groups in total. The molecule has 0 unspecified atom stereocenters. The van der Waals surface area contributed by atoms with Gasteiger partial charge >= 0.3 is 0 Å². The molecule has 0 aliphatic carbocycles. The van der Waals surface area contributed by atoms with E-state index in [1.165, 1.54) is 0 Å². The highest BCUT2D eigenvalue weighted by atomic mass is 35.5. The first-order chi connectivity index (χ1) is 7.47. The van der Waals surface area contributed by atoms with Crippen LogP contribution in [0.3, 0.4) is 0 Å². The van der Waals surface area contributed by atoms with Crippen molar-refractivity contribution in [3.63, 3.8) is 0 Å². The van der Waals surface area contributed by atoms with E-state index in [0.29, 0.717) is 18.0 Å². The largest absolute Gasteiger partial charge is 0.330 e. The van der Waals surface area contributed by atoms with Gasteiger partial charge in [0.15, 0.2) is 9.84 Å². The van der Waals surface area contributed by atoms with Crippen molar-refractivity contribution in [1.82, 2.24) is 0 Å². The highest BCUT2D eigenvalue weighted by molar-refractivity contribution is 7.93. The van der Waals surface area contributed by atoms with Crippen LogP contribution in [0, 0.1) is 0 Å². The Hall–Kier alpha value is -0.580. The van der Waals surface area contributed by atoms with E-state index in [1.807, 2.05) is 12.1 Å². The van der Waals surface area contributed by atoms with Crippen molar-refractivity contribution in [3.8, 4) is 0 Å². The van der Waals surface area contributed by atoms with Gasteiger partial charge in [-0.1, -0.05) is 23.7 Å². The monoisotopic (exact) mass is 259 g/mol. The second-order valence-corrected chi connectivity index (χ2v) is 6.86. The molecule has 0 atom stereocenters. The Balaban J connectivity index is 2.31. The van der Waals surface area contributed by atoms with E-state index in [2.05, 4.69) is 0 Å². The standard InChI is InChI=1S/C11H14ClNO2S/c12-10-3-1-9(2-4-10)11(5-6-13)7-16(14,15)8-11/h1-4H,5-8,13H2. The van der Waals surface area contributed by atoms with Crippen molar-refractivity contribution in [1.29, 1.82) is 0 Å². The number of hydrogen-bond donors (Lipinski definition) is 1. The zero-order chi connectivity index (χ0) is 11.8. The Morgan fingerprint density at radius 1 is 1.25 bits per heavy atom. The van der Waals surface area contributed by atoms with Crippen LogP contribution in [0.25, 0.3) is 0 Å². The van der Waals surface area contributed by atoms with Gasteiger partial charge in [-0.05, 0) is 30.7 Å². The predicted molar refractivity (Wildman–Crippen MR) is 65.5 cm³/mol. The quantitative estimate of drug-likeness (QED) is 0.892. The summed E-state index contributed by atoms with van der Waals surface area (Å²) in [5.41, 5.74) is 6.30. The molecule has 1 saturated heterocycles. The van der Waals surface area contributed by atoms with Crippen LogP contribution >= 0.6 is 11.6 Å². The second kappa shape index (κ2) is 4.02. The highest BCUT2D eigenvalue weighted by Gasteiger charge is 2.48. The number of halogens is 1.